The number of hydrogen-bond acceptors (Lipinski definition) is 2. The van der Waals surface area contributed by atoms with E-state index in [0.717, 1.165) is 0 Å². The van der Waals surface area contributed by atoms with E-state index in [1.54, 1.807) is 0 Å². The van der Waals surface area contributed by atoms with Crippen molar-refractivity contribution in [2.24, 2.45) is 0 Å². The second-order valence-corrected chi connectivity index (χ2v) is 4.86. The van der Waals surface area contributed by atoms with E-state index in [0.29, 0.717) is 0 Å². The Kier molecular flexibility index (Phi) is 6.26. The zero-order chi connectivity index (χ0) is 13.5. The molecule has 1 N–H and O–H groups in total. The molecule has 0 aromatic heterocycles. The van der Waals surface area contributed by atoms with Gasteiger partial charge >= 0.3 is 0 Å². The lowest BCUT2D eigenvalue weighted by atomic mass is 9.86. The molecule has 0 fully saturated rings. The van der Waals surface area contributed by atoms with Crippen LogP contribution in [0.4, 0.5) is 5.69 Å². The summed E-state index contributed by atoms with van der Waals surface area (Å²) in [5, 5.41) is 3.20. The number of carbonyl (C=O) groups excluding carboxylic acids is 1. The van der Waals surface area contributed by atoms with Gasteiger partial charge in [-0.05, 0) is 30.0 Å². The summed E-state index contributed by atoms with van der Waals surface area (Å²) < 4.78 is 0. The third kappa shape index (κ3) is 5.91. The summed E-state index contributed by atoms with van der Waals surface area (Å²) in [5.41, 5.74) is 2.82. The Bertz CT molecular complexity index is 375. The van der Waals surface area contributed by atoms with Gasteiger partial charge in [0.25, 0.3) is 0 Å². The molecule has 0 bridgehead atoms. The van der Waals surface area contributed by atoms with Crippen LogP contribution in [-0.2, 0) is 10.2 Å². The zero-order valence-corrected chi connectivity index (χ0v) is 11.5. The molecule has 0 aliphatic rings. The van der Waals surface area contributed by atoms with Crippen molar-refractivity contribution in [3.8, 4) is 0 Å². The summed E-state index contributed by atoms with van der Waals surface area (Å²) in [6, 6.07) is 8.43. The highest BCUT2D eigenvalue weighted by Gasteiger charge is 2.16. The van der Waals surface area contributed by atoms with Gasteiger partial charge in [0.15, 0.2) is 5.78 Å². The molecule has 2 heteroatoms. The first kappa shape index (κ1) is 15.4. The molecule has 1 aromatic rings. The van der Waals surface area contributed by atoms with Crippen LogP contribution in [0.15, 0.2) is 36.9 Å². The van der Waals surface area contributed by atoms with Crippen LogP contribution in [-0.4, -0.2) is 12.8 Å². The quantitative estimate of drug-likeness (QED) is 0.787. The smallest absolute Gasteiger partial charge is 0.152 e. The van der Waals surface area contributed by atoms with Crippen LogP contribution in [0.25, 0.3) is 0 Å². The first-order valence-electron chi connectivity index (χ1n) is 5.73. The predicted octanol–water partition coefficient (Wildman–Crippen LogP) is 3.79. The van der Waals surface area contributed by atoms with Gasteiger partial charge in [0.05, 0.1) is 0 Å². The largest absolute Gasteiger partial charge is 0.388 e. The molecule has 0 amide bonds. The van der Waals surface area contributed by atoms with Crippen molar-refractivity contribution in [1.29, 1.82) is 0 Å². The van der Waals surface area contributed by atoms with Gasteiger partial charge in [-0.2, -0.15) is 0 Å². The number of hydrogen-bond donors (Lipinski definition) is 1. The number of nitrogens with one attached hydrogen (secondary N) is 1. The molecule has 1 aromatic carbocycles. The first-order chi connectivity index (χ1) is 7.82. The van der Waals surface area contributed by atoms with Gasteiger partial charge in [-0.1, -0.05) is 45.5 Å². The minimum atomic E-state index is 0.0185. The average molecular weight is 233 g/mol. The number of rotatable bonds is 2. The molecule has 0 radical (unpaired) electrons. The van der Waals surface area contributed by atoms with Crippen molar-refractivity contribution >= 4 is 11.5 Å². The molecule has 0 heterocycles. The van der Waals surface area contributed by atoms with Crippen molar-refractivity contribution in [3.05, 3.63) is 42.5 Å². The molecule has 0 aliphatic carbocycles. The minimum absolute atomic E-state index is 0.0185. The maximum Gasteiger partial charge on any atom is 0.152 e. The van der Waals surface area contributed by atoms with Crippen LogP contribution in [0.1, 0.15) is 33.3 Å². The molecule has 94 valence electrons. The summed E-state index contributed by atoms with van der Waals surface area (Å²) in [6.07, 6.45) is 1.28. The van der Waals surface area contributed by atoms with E-state index >= 15 is 0 Å². The molecule has 1 rings (SSSR count). The summed E-state index contributed by atoms with van der Waals surface area (Å²) in [6.45, 7) is 11.4. The van der Waals surface area contributed by atoms with E-state index in [2.05, 4.69) is 56.9 Å². The molecular formula is C15H23NO. The SMILES string of the molecule is C=CC(C)=O.CNc1ccccc1C(C)(C)C. The Balaban J connectivity index is 0.000000437. The van der Waals surface area contributed by atoms with Gasteiger partial charge in [-0.25, -0.2) is 0 Å². The molecule has 2 nitrogen and oxygen atoms in total. The Morgan fingerprint density at radius 2 is 1.76 bits per heavy atom. The third-order valence-corrected chi connectivity index (χ3v) is 2.29. The van der Waals surface area contributed by atoms with Crippen molar-refractivity contribution in [2.75, 3.05) is 12.4 Å². The molecule has 0 aliphatic heterocycles. The summed E-state index contributed by atoms with van der Waals surface area (Å²) in [5.74, 6) is 0.0185. The second-order valence-electron chi connectivity index (χ2n) is 4.86. The van der Waals surface area contributed by atoms with Gasteiger partial charge in [-0.3, -0.25) is 4.79 Å². The van der Waals surface area contributed by atoms with Gasteiger partial charge in [-0.15, -0.1) is 0 Å². The van der Waals surface area contributed by atoms with Crippen molar-refractivity contribution in [1.82, 2.24) is 0 Å². The summed E-state index contributed by atoms with van der Waals surface area (Å²) >= 11 is 0. The van der Waals surface area contributed by atoms with E-state index in [1.165, 1.54) is 24.3 Å². The number of allylic oxidation sites excluding steroid dienone is 1. The highest BCUT2D eigenvalue weighted by Crippen LogP contribution is 2.28. The van der Waals surface area contributed by atoms with Crippen LogP contribution in [0.2, 0.25) is 0 Å². The molecule has 17 heavy (non-hydrogen) atoms. The van der Waals surface area contributed by atoms with Crippen LogP contribution in [0.5, 0.6) is 0 Å². The second kappa shape index (κ2) is 6.89. The molecule has 0 atom stereocenters. The van der Waals surface area contributed by atoms with E-state index in [-0.39, 0.29) is 11.2 Å². The normalized spacial score (nSPS) is 9.94. The molecular weight excluding hydrogens is 210 g/mol. The lowest BCUT2D eigenvalue weighted by molar-refractivity contribution is -0.112. The van der Waals surface area contributed by atoms with E-state index in [1.807, 2.05) is 7.05 Å². The fraction of sp³-hybridized carbons (Fsp3) is 0.400. The summed E-state index contributed by atoms with van der Waals surface area (Å²) in [7, 11) is 1.96. The summed E-state index contributed by atoms with van der Waals surface area (Å²) in [4.78, 5) is 9.69. The minimum Gasteiger partial charge on any atom is -0.388 e. The fourth-order valence-corrected chi connectivity index (χ4v) is 1.36. The van der Waals surface area contributed by atoms with Crippen LogP contribution >= 0.6 is 0 Å². The van der Waals surface area contributed by atoms with Crippen LogP contribution < -0.4 is 5.32 Å². The highest BCUT2D eigenvalue weighted by atomic mass is 16.1. The van der Waals surface area contributed by atoms with Gasteiger partial charge in [0.1, 0.15) is 0 Å². The van der Waals surface area contributed by atoms with Gasteiger partial charge in [0.2, 0.25) is 0 Å². The Morgan fingerprint density at radius 3 is 2.06 bits per heavy atom. The van der Waals surface area contributed by atoms with E-state index in [4.69, 9.17) is 0 Å². The lowest BCUT2D eigenvalue weighted by Gasteiger charge is -2.22. The standard InChI is InChI=1S/C11H17N.C4H6O/c1-11(2,3)9-7-5-6-8-10(9)12-4;1-3-4(2)5/h5-8,12H,1-4H3;3H,1H2,2H3. The number of anilines is 1. The molecule has 0 saturated carbocycles. The zero-order valence-electron chi connectivity index (χ0n) is 11.5. The third-order valence-electron chi connectivity index (χ3n) is 2.29. The maximum atomic E-state index is 9.69. The number of ketones is 1. The number of benzene rings is 1. The predicted molar refractivity (Wildman–Crippen MR) is 75.6 cm³/mol. The van der Waals surface area contributed by atoms with Gasteiger partial charge < -0.3 is 5.32 Å². The monoisotopic (exact) mass is 233 g/mol. The first-order valence-corrected chi connectivity index (χ1v) is 5.73. The number of carbonyl (C=O) groups is 1. The highest BCUT2D eigenvalue weighted by molar-refractivity contribution is 5.86. The molecule has 0 saturated heterocycles. The molecule has 0 spiro atoms. The van der Waals surface area contributed by atoms with Crippen molar-refractivity contribution < 1.29 is 4.79 Å². The Hall–Kier alpha value is -1.57. The van der Waals surface area contributed by atoms with Crippen LogP contribution in [0.3, 0.4) is 0 Å². The van der Waals surface area contributed by atoms with E-state index < -0.39 is 0 Å². The topological polar surface area (TPSA) is 29.1 Å². The van der Waals surface area contributed by atoms with Crippen LogP contribution in [0, 0.1) is 0 Å². The van der Waals surface area contributed by atoms with Crippen molar-refractivity contribution in [3.63, 3.8) is 0 Å². The average Bonchev–Trinajstić information content (AvgIpc) is 2.28. The maximum absolute atomic E-state index is 9.69. The van der Waals surface area contributed by atoms with E-state index in [9.17, 15) is 4.79 Å². The fourth-order valence-electron chi connectivity index (χ4n) is 1.36. The molecule has 0 unspecified atom stereocenters. The Morgan fingerprint density at radius 1 is 1.29 bits per heavy atom. The lowest BCUT2D eigenvalue weighted by Crippen LogP contribution is -2.13. The van der Waals surface area contributed by atoms with Gasteiger partial charge in [0, 0.05) is 12.7 Å². The van der Waals surface area contributed by atoms with Crippen molar-refractivity contribution in [2.45, 2.75) is 33.1 Å². The number of para-hydroxylation sites is 1. The Labute approximate surface area is 105 Å².